The normalized spacial score (nSPS) is 10.8. The molecule has 0 saturated heterocycles. The number of thiophene rings is 1. The number of aromatic nitrogens is 2. The van der Waals surface area contributed by atoms with E-state index >= 15 is 0 Å². The van der Waals surface area contributed by atoms with E-state index in [4.69, 9.17) is 0 Å². The van der Waals surface area contributed by atoms with Crippen molar-refractivity contribution < 1.29 is 4.79 Å². The molecule has 0 spiro atoms. The summed E-state index contributed by atoms with van der Waals surface area (Å²) in [6.07, 6.45) is 1.62. The van der Waals surface area contributed by atoms with Crippen molar-refractivity contribution in [3.63, 3.8) is 0 Å². The van der Waals surface area contributed by atoms with Crippen LogP contribution in [0.2, 0.25) is 0 Å². The fourth-order valence-electron chi connectivity index (χ4n) is 1.85. The maximum absolute atomic E-state index is 12.4. The maximum Gasteiger partial charge on any atom is 0.262 e. The number of hydrogen-bond donors (Lipinski definition) is 1. The molecule has 2 aromatic rings. The predicted molar refractivity (Wildman–Crippen MR) is 88.3 cm³/mol. The Labute approximate surface area is 131 Å². The quantitative estimate of drug-likeness (QED) is 0.519. The van der Waals surface area contributed by atoms with Crippen LogP contribution in [-0.4, -0.2) is 27.8 Å². The van der Waals surface area contributed by atoms with Gasteiger partial charge >= 0.3 is 0 Å². The van der Waals surface area contributed by atoms with Crippen molar-refractivity contribution in [2.75, 3.05) is 12.3 Å². The second-order valence-corrected chi connectivity index (χ2v) is 6.75. The van der Waals surface area contributed by atoms with Crippen LogP contribution in [0.3, 0.4) is 0 Å². The van der Waals surface area contributed by atoms with E-state index in [9.17, 15) is 9.59 Å². The maximum atomic E-state index is 12.4. The molecular weight excluding hydrogens is 306 g/mol. The Bertz CT molecular complexity index is 762. The van der Waals surface area contributed by atoms with Crippen molar-refractivity contribution in [2.24, 2.45) is 7.05 Å². The van der Waals surface area contributed by atoms with Gasteiger partial charge in [-0.1, -0.05) is 17.8 Å². The number of nitrogens with zero attached hydrogens (tertiary/aromatic N) is 2. The molecule has 0 unspecified atom stereocenters. The Kier molecular flexibility index (Phi) is 4.84. The number of hydrogen-bond acceptors (Lipinski definition) is 5. The number of rotatable bonds is 5. The van der Waals surface area contributed by atoms with Gasteiger partial charge in [-0.25, -0.2) is 4.98 Å². The van der Waals surface area contributed by atoms with E-state index in [1.807, 2.05) is 13.8 Å². The topological polar surface area (TPSA) is 64.0 Å². The Morgan fingerprint density at radius 2 is 2.24 bits per heavy atom. The molecule has 0 aliphatic carbocycles. The van der Waals surface area contributed by atoms with Gasteiger partial charge in [0.1, 0.15) is 4.83 Å². The van der Waals surface area contributed by atoms with Gasteiger partial charge in [-0.15, -0.1) is 17.9 Å². The smallest absolute Gasteiger partial charge is 0.262 e. The van der Waals surface area contributed by atoms with Gasteiger partial charge in [-0.2, -0.15) is 0 Å². The van der Waals surface area contributed by atoms with Gasteiger partial charge in [0.15, 0.2) is 5.16 Å². The lowest BCUT2D eigenvalue weighted by Gasteiger charge is -2.07. The lowest BCUT2D eigenvalue weighted by atomic mass is 10.2. The highest BCUT2D eigenvalue weighted by Gasteiger charge is 2.15. The first kappa shape index (κ1) is 15.8. The Morgan fingerprint density at radius 1 is 1.52 bits per heavy atom. The molecule has 0 atom stereocenters. The SMILES string of the molecule is C=CCNC(=O)CSc1nc2sc(C)c(C)c2c(=O)n1C. The summed E-state index contributed by atoms with van der Waals surface area (Å²) in [6, 6.07) is 0. The Balaban J connectivity index is 2.29. The summed E-state index contributed by atoms with van der Waals surface area (Å²) >= 11 is 2.77. The molecule has 1 amide bonds. The standard InChI is InChI=1S/C14H17N3O2S2/c1-5-6-15-10(18)7-20-14-16-12-11(13(19)17(14)4)8(2)9(3)21-12/h5H,1,6-7H2,2-4H3,(H,15,18). The van der Waals surface area contributed by atoms with Crippen LogP contribution in [0.15, 0.2) is 22.6 Å². The van der Waals surface area contributed by atoms with E-state index in [2.05, 4.69) is 16.9 Å². The molecule has 0 radical (unpaired) electrons. The van der Waals surface area contributed by atoms with E-state index in [1.54, 1.807) is 13.1 Å². The average Bonchev–Trinajstić information content (AvgIpc) is 2.74. The first-order chi connectivity index (χ1) is 9.95. The van der Waals surface area contributed by atoms with Crippen LogP contribution >= 0.6 is 23.1 Å². The monoisotopic (exact) mass is 323 g/mol. The summed E-state index contributed by atoms with van der Waals surface area (Å²) in [5.74, 6) is 0.121. The van der Waals surface area contributed by atoms with E-state index < -0.39 is 0 Å². The van der Waals surface area contributed by atoms with E-state index in [1.165, 1.54) is 27.7 Å². The Morgan fingerprint density at radius 3 is 2.90 bits per heavy atom. The molecule has 7 heteroatoms. The van der Waals surface area contributed by atoms with Crippen molar-refractivity contribution in [1.29, 1.82) is 0 Å². The highest BCUT2D eigenvalue weighted by molar-refractivity contribution is 7.99. The highest BCUT2D eigenvalue weighted by atomic mass is 32.2. The number of nitrogens with one attached hydrogen (secondary N) is 1. The first-order valence-electron chi connectivity index (χ1n) is 6.42. The highest BCUT2D eigenvalue weighted by Crippen LogP contribution is 2.27. The molecule has 2 aromatic heterocycles. The van der Waals surface area contributed by atoms with Crippen LogP contribution in [0.4, 0.5) is 0 Å². The zero-order chi connectivity index (χ0) is 15.6. The second-order valence-electron chi connectivity index (χ2n) is 4.60. The fourth-order valence-corrected chi connectivity index (χ4v) is 3.72. The number of amides is 1. The van der Waals surface area contributed by atoms with E-state index in [-0.39, 0.29) is 17.2 Å². The summed E-state index contributed by atoms with van der Waals surface area (Å²) in [7, 11) is 1.69. The average molecular weight is 323 g/mol. The van der Waals surface area contributed by atoms with Gasteiger partial charge < -0.3 is 5.32 Å². The predicted octanol–water partition coefficient (Wildman–Crippen LogP) is 2.01. The van der Waals surface area contributed by atoms with Crippen LogP contribution in [0.25, 0.3) is 10.2 Å². The number of carbonyl (C=O) groups excluding carboxylic acids is 1. The lowest BCUT2D eigenvalue weighted by Crippen LogP contribution is -2.26. The van der Waals surface area contributed by atoms with Crippen LogP contribution in [0, 0.1) is 13.8 Å². The van der Waals surface area contributed by atoms with Gasteiger partial charge in [0.25, 0.3) is 5.56 Å². The van der Waals surface area contributed by atoms with Crippen molar-refractivity contribution in [1.82, 2.24) is 14.9 Å². The van der Waals surface area contributed by atoms with Gasteiger partial charge in [-0.05, 0) is 19.4 Å². The summed E-state index contributed by atoms with van der Waals surface area (Å²) in [5, 5.41) is 3.94. The van der Waals surface area contributed by atoms with Crippen LogP contribution in [-0.2, 0) is 11.8 Å². The third-order valence-corrected chi connectivity index (χ3v) is 5.28. The molecule has 0 aromatic carbocycles. The summed E-state index contributed by atoms with van der Waals surface area (Å²) < 4.78 is 1.51. The van der Waals surface area contributed by atoms with Gasteiger partial charge in [0.05, 0.1) is 11.1 Å². The van der Waals surface area contributed by atoms with Crippen molar-refractivity contribution in [2.45, 2.75) is 19.0 Å². The van der Waals surface area contributed by atoms with E-state index in [0.29, 0.717) is 17.1 Å². The number of carbonyl (C=O) groups is 1. The Hall–Kier alpha value is -1.60. The molecule has 0 saturated carbocycles. The summed E-state index contributed by atoms with van der Waals surface area (Å²) in [4.78, 5) is 30.4. The zero-order valence-corrected chi connectivity index (χ0v) is 13.9. The molecule has 2 rings (SSSR count). The molecule has 2 heterocycles. The molecule has 0 fully saturated rings. The molecule has 0 aliphatic rings. The molecule has 112 valence electrons. The zero-order valence-electron chi connectivity index (χ0n) is 12.2. The molecule has 1 N–H and O–H groups in total. The minimum atomic E-state index is -0.104. The molecule has 0 bridgehead atoms. The molecule has 0 aliphatic heterocycles. The van der Waals surface area contributed by atoms with E-state index in [0.717, 1.165) is 15.3 Å². The lowest BCUT2D eigenvalue weighted by molar-refractivity contribution is -0.118. The van der Waals surface area contributed by atoms with Crippen LogP contribution < -0.4 is 10.9 Å². The number of thioether (sulfide) groups is 1. The summed E-state index contributed by atoms with van der Waals surface area (Å²) in [5.41, 5.74) is 0.930. The largest absolute Gasteiger partial charge is 0.352 e. The van der Waals surface area contributed by atoms with Gasteiger partial charge in [0, 0.05) is 18.5 Å². The van der Waals surface area contributed by atoms with Crippen molar-refractivity contribution in [3.8, 4) is 0 Å². The second kappa shape index (κ2) is 6.44. The van der Waals surface area contributed by atoms with Crippen molar-refractivity contribution >= 4 is 39.2 Å². The minimum absolute atomic E-state index is 0.0594. The van der Waals surface area contributed by atoms with Crippen LogP contribution in [0.5, 0.6) is 0 Å². The third kappa shape index (κ3) is 3.19. The molecule has 21 heavy (non-hydrogen) atoms. The molecule has 5 nitrogen and oxygen atoms in total. The summed E-state index contributed by atoms with van der Waals surface area (Å²) in [6.45, 7) is 7.90. The molecular formula is C14H17N3O2S2. The number of fused-ring (bicyclic) bond motifs is 1. The third-order valence-electron chi connectivity index (χ3n) is 3.15. The van der Waals surface area contributed by atoms with Crippen LogP contribution in [0.1, 0.15) is 10.4 Å². The van der Waals surface area contributed by atoms with Crippen molar-refractivity contribution in [3.05, 3.63) is 33.4 Å². The van der Waals surface area contributed by atoms with Gasteiger partial charge in [0.2, 0.25) is 5.91 Å². The van der Waals surface area contributed by atoms with Gasteiger partial charge in [-0.3, -0.25) is 14.2 Å². The minimum Gasteiger partial charge on any atom is -0.352 e. The number of aryl methyl sites for hydroxylation is 2. The first-order valence-corrected chi connectivity index (χ1v) is 8.23. The fraction of sp³-hybridized carbons (Fsp3) is 0.357.